The van der Waals surface area contributed by atoms with Crippen molar-refractivity contribution in [2.24, 2.45) is 5.41 Å². The van der Waals surface area contributed by atoms with Crippen LogP contribution in [0.4, 0.5) is 11.6 Å². The van der Waals surface area contributed by atoms with E-state index in [9.17, 15) is 4.79 Å². The molecule has 6 nitrogen and oxygen atoms in total. The van der Waals surface area contributed by atoms with Gasteiger partial charge >= 0.3 is 0 Å². The largest absolute Gasteiger partial charge is 0.382 e. The molecule has 3 heterocycles. The Morgan fingerprint density at radius 3 is 2.68 bits per heavy atom. The first-order valence-corrected chi connectivity index (χ1v) is 10.1. The molecule has 0 aliphatic carbocycles. The topological polar surface area (TPSA) is 81.3 Å². The van der Waals surface area contributed by atoms with E-state index in [1.165, 1.54) is 0 Å². The van der Waals surface area contributed by atoms with Crippen molar-refractivity contribution in [1.82, 2.24) is 9.97 Å². The number of carbonyl (C=O) groups is 1. The van der Waals surface area contributed by atoms with Crippen molar-refractivity contribution in [3.63, 3.8) is 0 Å². The summed E-state index contributed by atoms with van der Waals surface area (Å²) in [6, 6.07) is 5.20. The minimum Gasteiger partial charge on any atom is -0.382 e. The summed E-state index contributed by atoms with van der Waals surface area (Å²) < 4.78 is 5.79. The van der Waals surface area contributed by atoms with Gasteiger partial charge in [-0.05, 0) is 37.7 Å². The summed E-state index contributed by atoms with van der Waals surface area (Å²) in [5.41, 5.74) is 7.62. The summed E-state index contributed by atoms with van der Waals surface area (Å²) in [4.78, 5) is 22.8. The standard InChI is InChI=1S/C20H22Cl2N4O2/c1-12-9-20(11-28-12)5-7-26(8-6-20)19-15(10-27)24-17(18(23)25-19)13-3-2-4-14(21)16(13)22/h2-4,10,12H,5-9,11H2,1H3,(H2,23,25)/t12-/m0/s1. The highest BCUT2D eigenvalue weighted by molar-refractivity contribution is 6.43. The van der Waals surface area contributed by atoms with Crippen LogP contribution in [-0.2, 0) is 4.74 Å². The fourth-order valence-corrected chi connectivity index (χ4v) is 4.63. The van der Waals surface area contributed by atoms with Crippen LogP contribution in [0.2, 0.25) is 10.0 Å². The zero-order valence-corrected chi connectivity index (χ0v) is 17.1. The van der Waals surface area contributed by atoms with Gasteiger partial charge in [0.05, 0.1) is 22.8 Å². The minimum absolute atomic E-state index is 0.225. The fourth-order valence-electron chi connectivity index (χ4n) is 4.24. The van der Waals surface area contributed by atoms with E-state index in [-0.39, 0.29) is 16.9 Å². The summed E-state index contributed by atoms with van der Waals surface area (Å²) in [5, 5.41) is 0.733. The third-order valence-corrected chi connectivity index (χ3v) is 6.59. The number of nitrogens with two attached hydrogens (primary N) is 1. The number of piperidine rings is 1. The van der Waals surface area contributed by atoms with E-state index >= 15 is 0 Å². The minimum atomic E-state index is 0.225. The lowest BCUT2D eigenvalue weighted by molar-refractivity contribution is 0.0975. The summed E-state index contributed by atoms with van der Waals surface area (Å²) in [6.45, 7) is 4.52. The maximum absolute atomic E-state index is 11.8. The number of aldehydes is 1. The molecule has 0 unspecified atom stereocenters. The Bertz CT molecular complexity index is 913. The van der Waals surface area contributed by atoms with Crippen molar-refractivity contribution in [1.29, 1.82) is 0 Å². The van der Waals surface area contributed by atoms with Crippen LogP contribution in [-0.4, -0.2) is 42.1 Å². The Morgan fingerprint density at radius 2 is 2.04 bits per heavy atom. The quantitative estimate of drug-likeness (QED) is 0.747. The van der Waals surface area contributed by atoms with E-state index in [2.05, 4.69) is 21.8 Å². The molecule has 2 aliphatic heterocycles. The normalized spacial score (nSPS) is 21.2. The van der Waals surface area contributed by atoms with E-state index in [4.69, 9.17) is 33.7 Å². The van der Waals surface area contributed by atoms with Crippen LogP contribution in [0.5, 0.6) is 0 Å². The number of ether oxygens (including phenoxy) is 1. The van der Waals surface area contributed by atoms with Crippen molar-refractivity contribution in [2.45, 2.75) is 32.3 Å². The lowest BCUT2D eigenvalue weighted by Gasteiger charge is -2.39. The van der Waals surface area contributed by atoms with Crippen molar-refractivity contribution >= 4 is 41.1 Å². The Balaban J connectivity index is 1.63. The van der Waals surface area contributed by atoms with Gasteiger partial charge in [-0.15, -0.1) is 0 Å². The number of hydrogen-bond acceptors (Lipinski definition) is 6. The molecule has 148 valence electrons. The third-order valence-electron chi connectivity index (χ3n) is 5.77. The van der Waals surface area contributed by atoms with Gasteiger partial charge in [0.25, 0.3) is 0 Å². The van der Waals surface area contributed by atoms with Crippen molar-refractivity contribution in [3.05, 3.63) is 33.9 Å². The van der Waals surface area contributed by atoms with E-state index in [1.807, 2.05) is 0 Å². The Morgan fingerprint density at radius 1 is 1.29 bits per heavy atom. The van der Waals surface area contributed by atoms with E-state index in [0.717, 1.165) is 45.2 Å². The Labute approximate surface area is 174 Å². The second kappa shape index (κ2) is 7.50. The molecule has 2 fully saturated rings. The smallest absolute Gasteiger partial charge is 0.172 e. The molecular formula is C20H22Cl2N4O2. The number of aromatic nitrogens is 2. The summed E-state index contributed by atoms with van der Waals surface area (Å²) in [5.74, 6) is 0.749. The second-order valence-electron chi connectivity index (χ2n) is 7.70. The molecule has 0 radical (unpaired) electrons. The molecular weight excluding hydrogens is 399 g/mol. The van der Waals surface area contributed by atoms with E-state index in [0.29, 0.717) is 33.2 Å². The molecule has 0 amide bonds. The van der Waals surface area contributed by atoms with Gasteiger partial charge in [-0.1, -0.05) is 35.3 Å². The van der Waals surface area contributed by atoms with Crippen LogP contribution < -0.4 is 10.6 Å². The van der Waals surface area contributed by atoms with Crippen molar-refractivity contribution in [2.75, 3.05) is 30.3 Å². The van der Waals surface area contributed by atoms with Gasteiger partial charge in [0.2, 0.25) is 0 Å². The SMILES string of the molecule is C[C@H]1CC2(CCN(c3nc(N)c(-c4cccc(Cl)c4Cl)nc3C=O)CC2)CO1. The predicted molar refractivity (Wildman–Crippen MR) is 111 cm³/mol. The van der Waals surface area contributed by atoms with Gasteiger partial charge in [0, 0.05) is 18.7 Å². The number of halogens is 2. The van der Waals surface area contributed by atoms with Gasteiger partial charge in [-0.25, -0.2) is 9.97 Å². The zero-order chi connectivity index (χ0) is 19.9. The lowest BCUT2D eigenvalue weighted by Crippen LogP contribution is -2.41. The highest BCUT2D eigenvalue weighted by atomic mass is 35.5. The summed E-state index contributed by atoms with van der Waals surface area (Å²) >= 11 is 12.4. The van der Waals surface area contributed by atoms with E-state index < -0.39 is 0 Å². The molecule has 1 aromatic heterocycles. The zero-order valence-electron chi connectivity index (χ0n) is 15.6. The molecule has 2 aromatic rings. The summed E-state index contributed by atoms with van der Waals surface area (Å²) in [7, 11) is 0. The Kier molecular flexibility index (Phi) is 5.21. The van der Waals surface area contributed by atoms with E-state index in [1.54, 1.807) is 18.2 Å². The number of carbonyl (C=O) groups excluding carboxylic acids is 1. The number of rotatable bonds is 3. The second-order valence-corrected chi connectivity index (χ2v) is 8.48. The van der Waals surface area contributed by atoms with Crippen molar-refractivity contribution in [3.8, 4) is 11.3 Å². The van der Waals surface area contributed by atoms with Crippen molar-refractivity contribution < 1.29 is 9.53 Å². The van der Waals surface area contributed by atoms with Gasteiger partial charge in [0.1, 0.15) is 11.4 Å². The van der Waals surface area contributed by atoms with Gasteiger partial charge in [0.15, 0.2) is 17.9 Å². The molecule has 0 bridgehead atoms. The average molecular weight is 421 g/mol. The van der Waals surface area contributed by atoms with Gasteiger partial charge in [-0.3, -0.25) is 4.79 Å². The molecule has 2 saturated heterocycles. The molecule has 8 heteroatoms. The highest BCUT2D eigenvalue weighted by Crippen LogP contribution is 2.43. The Hall–Kier alpha value is -1.89. The number of benzene rings is 1. The molecule has 2 aliphatic rings. The first kappa shape index (κ1) is 19.4. The van der Waals surface area contributed by atoms with Crippen LogP contribution in [0, 0.1) is 5.41 Å². The van der Waals surface area contributed by atoms with Crippen LogP contribution >= 0.6 is 23.2 Å². The molecule has 2 N–H and O–H groups in total. The molecule has 1 atom stereocenters. The number of nitrogen functional groups attached to an aromatic ring is 1. The van der Waals surface area contributed by atoms with Crippen LogP contribution in [0.3, 0.4) is 0 Å². The maximum Gasteiger partial charge on any atom is 0.172 e. The first-order valence-electron chi connectivity index (χ1n) is 9.36. The molecule has 1 aromatic carbocycles. The maximum atomic E-state index is 11.8. The lowest BCUT2D eigenvalue weighted by atomic mass is 9.77. The number of nitrogens with zero attached hydrogens (tertiary/aromatic N) is 3. The van der Waals surface area contributed by atoms with Crippen LogP contribution in [0.15, 0.2) is 18.2 Å². The van der Waals surface area contributed by atoms with Crippen LogP contribution in [0.1, 0.15) is 36.7 Å². The first-order chi connectivity index (χ1) is 13.4. The molecule has 0 saturated carbocycles. The number of hydrogen-bond donors (Lipinski definition) is 1. The van der Waals surface area contributed by atoms with Gasteiger partial charge < -0.3 is 15.4 Å². The third kappa shape index (κ3) is 3.45. The predicted octanol–water partition coefficient (Wildman–Crippen LogP) is 4.24. The fraction of sp³-hybridized carbons (Fsp3) is 0.450. The average Bonchev–Trinajstić information content (AvgIpc) is 3.05. The monoisotopic (exact) mass is 420 g/mol. The molecule has 28 heavy (non-hydrogen) atoms. The summed E-state index contributed by atoms with van der Waals surface area (Å²) in [6.07, 6.45) is 4.11. The van der Waals surface area contributed by atoms with Gasteiger partial charge in [-0.2, -0.15) is 0 Å². The molecule has 4 rings (SSSR count). The highest BCUT2D eigenvalue weighted by Gasteiger charge is 2.41. The number of anilines is 2. The molecule has 1 spiro atoms. The van der Waals surface area contributed by atoms with Crippen LogP contribution in [0.25, 0.3) is 11.3 Å².